The normalized spacial score (nSPS) is 10.7. The summed E-state index contributed by atoms with van der Waals surface area (Å²) in [6.07, 6.45) is 0. The average Bonchev–Trinajstić information content (AvgIpc) is 2.38. The molecule has 5 heteroatoms. The first-order chi connectivity index (χ1) is 9.15. The van der Waals surface area contributed by atoms with Crippen LogP contribution in [0, 0.1) is 0 Å². The highest BCUT2D eigenvalue weighted by atomic mass is 16.4. The molecule has 2 heterocycles. The highest BCUT2D eigenvalue weighted by molar-refractivity contribution is 5.83. The maximum Gasteiger partial charge on any atom is 0.351 e. The monoisotopic (exact) mass is 256 g/mol. The van der Waals surface area contributed by atoms with Gasteiger partial charge in [-0.15, -0.1) is 0 Å². The molecule has 1 aromatic carbocycles. The van der Waals surface area contributed by atoms with Crippen LogP contribution in [0.25, 0.3) is 22.3 Å². The maximum atomic E-state index is 11.8. The van der Waals surface area contributed by atoms with Crippen LogP contribution in [0.1, 0.15) is 0 Å². The number of benzene rings is 1. The molecule has 0 saturated heterocycles. The smallest absolute Gasteiger partial charge is 0.351 e. The molecule has 0 atom stereocenters. The van der Waals surface area contributed by atoms with Gasteiger partial charge in [0, 0.05) is 11.6 Å². The third kappa shape index (κ3) is 1.91. The Morgan fingerprint density at radius 3 is 2.42 bits per heavy atom. The molecule has 94 valence electrons. The molecule has 0 unspecified atom stereocenters. The Balaban J connectivity index is 2.37. The van der Waals surface area contributed by atoms with Gasteiger partial charge in [-0.1, -0.05) is 30.3 Å². The van der Waals surface area contributed by atoms with E-state index in [1.54, 1.807) is 24.3 Å². The highest BCUT2D eigenvalue weighted by Gasteiger charge is 2.13. The molecule has 0 bridgehead atoms. The van der Waals surface area contributed by atoms with Crippen LogP contribution in [-0.4, -0.2) is 5.11 Å². The van der Waals surface area contributed by atoms with Gasteiger partial charge in [0.2, 0.25) is 0 Å². The molecule has 3 aromatic rings. The minimum absolute atomic E-state index is 0.0000954. The SMILES string of the molecule is O=c1cc(O)c2c(=O)oc(-c3ccccc3)cc2o1. The summed E-state index contributed by atoms with van der Waals surface area (Å²) in [5, 5.41) is 9.43. The molecular formula is C14H8O5. The second kappa shape index (κ2) is 4.13. The zero-order chi connectivity index (χ0) is 13.4. The Bertz CT molecular complexity index is 858. The molecule has 0 saturated carbocycles. The van der Waals surface area contributed by atoms with Gasteiger partial charge in [0.25, 0.3) is 0 Å². The number of hydrogen-bond donors (Lipinski definition) is 1. The molecule has 0 spiro atoms. The van der Waals surface area contributed by atoms with Crippen molar-refractivity contribution in [3.63, 3.8) is 0 Å². The number of aromatic hydroxyl groups is 1. The Kier molecular flexibility index (Phi) is 2.45. The fraction of sp³-hybridized carbons (Fsp3) is 0. The van der Waals surface area contributed by atoms with Crippen molar-refractivity contribution >= 4 is 11.0 Å². The van der Waals surface area contributed by atoms with E-state index >= 15 is 0 Å². The van der Waals surface area contributed by atoms with E-state index in [1.807, 2.05) is 6.07 Å². The summed E-state index contributed by atoms with van der Waals surface area (Å²) in [4.78, 5) is 23.0. The van der Waals surface area contributed by atoms with Gasteiger partial charge in [-0.25, -0.2) is 9.59 Å². The molecule has 0 fully saturated rings. The standard InChI is InChI=1S/C14H8O5/c15-9-6-12(16)18-11-7-10(19-14(17)13(9)11)8-4-2-1-3-5-8/h1-7,15H. The summed E-state index contributed by atoms with van der Waals surface area (Å²) in [5.74, 6) is -0.175. The number of hydrogen-bond acceptors (Lipinski definition) is 5. The zero-order valence-corrected chi connectivity index (χ0v) is 9.62. The Morgan fingerprint density at radius 2 is 1.68 bits per heavy atom. The fourth-order valence-electron chi connectivity index (χ4n) is 1.85. The van der Waals surface area contributed by atoms with Crippen LogP contribution >= 0.6 is 0 Å². The van der Waals surface area contributed by atoms with Gasteiger partial charge in [0.15, 0.2) is 5.58 Å². The van der Waals surface area contributed by atoms with Gasteiger partial charge in [0.1, 0.15) is 16.9 Å². The summed E-state index contributed by atoms with van der Waals surface area (Å²) in [5.41, 5.74) is -0.806. The molecule has 3 rings (SSSR count). The molecule has 0 radical (unpaired) electrons. The van der Waals surface area contributed by atoms with Gasteiger partial charge in [-0.3, -0.25) is 0 Å². The quantitative estimate of drug-likeness (QED) is 0.721. The molecule has 1 N–H and O–H groups in total. The van der Waals surface area contributed by atoms with E-state index in [-0.39, 0.29) is 16.7 Å². The first-order valence-electron chi connectivity index (χ1n) is 5.51. The molecular weight excluding hydrogens is 248 g/mol. The van der Waals surface area contributed by atoms with Crippen LogP contribution in [0.3, 0.4) is 0 Å². The van der Waals surface area contributed by atoms with E-state index < -0.39 is 17.0 Å². The summed E-state index contributed by atoms with van der Waals surface area (Å²) in [7, 11) is 0. The van der Waals surface area contributed by atoms with Crippen LogP contribution in [0.15, 0.2) is 60.9 Å². The van der Waals surface area contributed by atoms with Crippen molar-refractivity contribution in [3.05, 3.63) is 63.3 Å². The van der Waals surface area contributed by atoms with Gasteiger partial charge in [-0.2, -0.15) is 0 Å². The van der Waals surface area contributed by atoms with Gasteiger partial charge in [0.05, 0.1) is 6.07 Å². The lowest BCUT2D eigenvalue weighted by molar-refractivity contribution is 0.459. The predicted molar refractivity (Wildman–Crippen MR) is 68.1 cm³/mol. The Morgan fingerprint density at radius 1 is 0.947 bits per heavy atom. The van der Waals surface area contributed by atoms with Crippen molar-refractivity contribution in [1.82, 2.24) is 0 Å². The molecule has 0 aliphatic heterocycles. The lowest BCUT2D eigenvalue weighted by atomic mass is 10.1. The largest absolute Gasteiger partial charge is 0.507 e. The van der Waals surface area contributed by atoms with Crippen LogP contribution in [0.4, 0.5) is 0 Å². The summed E-state index contributed by atoms with van der Waals surface area (Å²) in [6.45, 7) is 0. The molecule has 0 aliphatic rings. The molecule has 19 heavy (non-hydrogen) atoms. The van der Waals surface area contributed by atoms with Crippen molar-refractivity contribution in [2.24, 2.45) is 0 Å². The van der Waals surface area contributed by atoms with Crippen molar-refractivity contribution in [3.8, 4) is 17.1 Å². The van der Waals surface area contributed by atoms with Gasteiger partial charge >= 0.3 is 11.3 Å². The van der Waals surface area contributed by atoms with Gasteiger partial charge in [-0.05, 0) is 0 Å². The van der Waals surface area contributed by atoms with E-state index in [0.29, 0.717) is 5.56 Å². The fourth-order valence-corrected chi connectivity index (χ4v) is 1.85. The topological polar surface area (TPSA) is 80.6 Å². The summed E-state index contributed by atoms with van der Waals surface area (Å²) in [6, 6.07) is 11.2. The van der Waals surface area contributed by atoms with Crippen LogP contribution < -0.4 is 11.3 Å². The number of fused-ring (bicyclic) bond motifs is 1. The number of rotatable bonds is 1. The molecule has 0 amide bonds. The van der Waals surface area contributed by atoms with Crippen LogP contribution in [-0.2, 0) is 0 Å². The predicted octanol–water partition coefficient (Wildman–Crippen LogP) is 2.12. The molecule has 0 aliphatic carbocycles. The van der Waals surface area contributed by atoms with Crippen molar-refractivity contribution < 1.29 is 13.9 Å². The molecule has 5 nitrogen and oxygen atoms in total. The first kappa shape index (κ1) is 11.3. The van der Waals surface area contributed by atoms with Gasteiger partial charge < -0.3 is 13.9 Å². The van der Waals surface area contributed by atoms with Crippen molar-refractivity contribution in [1.29, 1.82) is 0 Å². The first-order valence-corrected chi connectivity index (χ1v) is 5.51. The zero-order valence-electron chi connectivity index (χ0n) is 9.62. The Labute approximate surface area is 106 Å². The van der Waals surface area contributed by atoms with Crippen LogP contribution in [0.5, 0.6) is 5.75 Å². The average molecular weight is 256 g/mol. The minimum atomic E-state index is -0.752. The summed E-state index contributed by atoms with van der Waals surface area (Å²) < 4.78 is 10.0. The third-order valence-electron chi connectivity index (χ3n) is 2.69. The van der Waals surface area contributed by atoms with E-state index in [0.717, 1.165) is 6.07 Å². The van der Waals surface area contributed by atoms with E-state index in [1.165, 1.54) is 6.07 Å². The van der Waals surface area contributed by atoms with Crippen molar-refractivity contribution in [2.75, 3.05) is 0 Å². The lowest BCUT2D eigenvalue weighted by Crippen LogP contribution is -2.05. The second-order valence-corrected chi connectivity index (χ2v) is 3.95. The third-order valence-corrected chi connectivity index (χ3v) is 2.69. The van der Waals surface area contributed by atoms with Crippen LogP contribution in [0.2, 0.25) is 0 Å². The van der Waals surface area contributed by atoms with E-state index in [2.05, 4.69) is 0 Å². The van der Waals surface area contributed by atoms with E-state index in [4.69, 9.17) is 8.83 Å². The van der Waals surface area contributed by atoms with E-state index in [9.17, 15) is 14.7 Å². The minimum Gasteiger partial charge on any atom is -0.507 e. The van der Waals surface area contributed by atoms with Crippen molar-refractivity contribution in [2.45, 2.75) is 0 Å². The lowest BCUT2D eigenvalue weighted by Gasteiger charge is -2.02. The second-order valence-electron chi connectivity index (χ2n) is 3.95. The molecule has 2 aromatic heterocycles. The Hall–Kier alpha value is -2.82. The summed E-state index contributed by atoms with van der Waals surface area (Å²) >= 11 is 0. The highest BCUT2D eigenvalue weighted by Crippen LogP contribution is 2.24. The maximum absolute atomic E-state index is 11.8.